The number of carbonyl (C=O) groups excluding carboxylic acids is 1. The molecule has 1 atom stereocenters. The van der Waals surface area contributed by atoms with Gasteiger partial charge in [0.15, 0.2) is 0 Å². The molecule has 1 aromatic carbocycles. The molecule has 0 spiro atoms. The van der Waals surface area contributed by atoms with Crippen molar-refractivity contribution in [3.05, 3.63) is 35.4 Å². The smallest absolute Gasteiger partial charge is 0.335 e. The lowest BCUT2D eigenvalue weighted by atomic mass is 10.0. The number of likely N-dealkylation sites (tertiary alicyclic amines) is 1. The number of rotatable bonds is 4. The van der Waals surface area contributed by atoms with Gasteiger partial charge in [-0.25, -0.2) is 4.79 Å². The van der Waals surface area contributed by atoms with Gasteiger partial charge in [0.25, 0.3) is 0 Å². The summed E-state index contributed by atoms with van der Waals surface area (Å²) in [6.07, 6.45) is 5.59. The van der Waals surface area contributed by atoms with Crippen LogP contribution >= 0.6 is 11.8 Å². The fraction of sp³-hybridized carbons (Fsp3) is 0.500. The molecule has 114 valence electrons. The highest BCUT2D eigenvalue weighted by molar-refractivity contribution is 7.99. The second kappa shape index (κ2) is 7.50. The van der Waals surface area contributed by atoms with Gasteiger partial charge in [-0.15, -0.1) is 0 Å². The lowest BCUT2D eigenvalue weighted by Gasteiger charge is -2.24. The van der Waals surface area contributed by atoms with Crippen molar-refractivity contribution in [2.75, 3.05) is 19.3 Å². The van der Waals surface area contributed by atoms with Gasteiger partial charge in [0, 0.05) is 18.3 Å². The summed E-state index contributed by atoms with van der Waals surface area (Å²) in [4.78, 5) is 25.6. The Hall–Kier alpha value is -1.49. The number of carboxylic acid groups (broad SMARTS) is 1. The van der Waals surface area contributed by atoms with Gasteiger partial charge in [-0.05, 0) is 30.7 Å². The first-order valence-corrected chi connectivity index (χ1v) is 8.52. The van der Waals surface area contributed by atoms with Gasteiger partial charge in [-0.1, -0.05) is 24.6 Å². The Morgan fingerprint density at radius 2 is 2.10 bits per heavy atom. The summed E-state index contributed by atoms with van der Waals surface area (Å²) in [5, 5.41) is 9.68. The molecular formula is C16H21NO3S. The Balaban J connectivity index is 2.08. The zero-order chi connectivity index (χ0) is 15.2. The summed E-state index contributed by atoms with van der Waals surface area (Å²) in [6.45, 7) is 1.56. The van der Waals surface area contributed by atoms with Crippen LogP contribution in [0, 0.1) is 0 Å². The highest BCUT2D eigenvalue weighted by Gasteiger charge is 2.22. The molecule has 1 amide bonds. The molecule has 1 heterocycles. The largest absolute Gasteiger partial charge is 0.478 e. The van der Waals surface area contributed by atoms with E-state index in [1.165, 1.54) is 0 Å². The van der Waals surface area contributed by atoms with Gasteiger partial charge in [0.1, 0.15) is 0 Å². The second-order valence-electron chi connectivity index (χ2n) is 5.33. The minimum atomic E-state index is -0.976. The molecule has 1 fully saturated rings. The Bertz CT molecular complexity index is 518. The number of hydrogen-bond acceptors (Lipinski definition) is 3. The Kier molecular flexibility index (Phi) is 5.67. The molecule has 2 rings (SSSR count). The Morgan fingerprint density at radius 1 is 1.33 bits per heavy atom. The van der Waals surface area contributed by atoms with Crippen LogP contribution in [0.3, 0.4) is 0 Å². The molecule has 1 saturated heterocycles. The van der Waals surface area contributed by atoms with E-state index in [4.69, 9.17) is 0 Å². The summed E-state index contributed by atoms with van der Waals surface area (Å²) in [5.41, 5.74) is 0.821. The normalized spacial score (nSPS) is 19.1. The first-order valence-electron chi connectivity index (χ1n) is 7.23. The molecule has 1 unspecified atom stereocenters. The highest BCUT2D eigenvalue weighted by atomic mass is 32.2. The molecule has 1 aliphatic heterocycles. The average molecular weight is 307 g/mol. The van der Waals surface area contributed by atoms with E-state index in [-0.39, 0.29) is 17.9 Å². The third-order valence-corrected chi connectivity index (χ3v) is 4.96. The topological polar surface area (TPSA) is 57.6 Å². The zero-order valence-corrected chi connectivity index (χ0v) is 13.1. The molecule has 1 aliphatic rings. The summed E-state index contributed by atoms with van der Waals surface area (Å²) < 4.78 is 0. The SMILES string of the molecule is CSC1CCCCN(C(=O)Cc2ccccc2C(=O)O)C1. The number of aromatic carboxylic acids is 1. The molecule has 0 saturated carbocycles. The van der Waals surface area contributed by atoms with Gasteiger partial charge in [0.2, 0.25) is 5.91 Å². The molecule has 1 N–H and O–H groups in total. The fourth-order valence-corrected chi connectivity index (χ4v) is 3.41. The van der Waals surface area contributed by atoms with E-state index in [9.17, 15) is 14.7 Å². The monoisotopic (exact) mass is 307 g/mol. The van der Waals surface area contributed by atoms with Crippen LogP contribution in [0.15, 0.2) is 24.3 Å². The number of carbonyl (C=O) groups is 2. The first kappa shape index (κ1) is 15.9. The average Bonchev–Trinajstić information content (AvgIpc) is 2.73. The summed E-state index contributed by atoms with van der Waals surface area (Å²) in [5.74, 6) is -0.944. The van der Waals surface area contributed by atoms with E-state index in [0.717, 1.165) is 32.4 Å². The van der Waals surface area contributed by atoms with Crippen LogP contribution in [0.2, 0.25) is 0 Å². The van der Waals surface area contributed by atoms with Crippen molar-refractivity contribution in [2.24, 2.45) is 0 Å². The van der Waals surface area contributed by atoms with Crippen molar-refractivity contribution in [2.45, 2.75) is 30.9 Å². The van der Waals surface area contributed by atoms with Crippen molar-refractivity contribution in [3.8, 4) is 0 Å². The van der Waals surface area contributed by atoms with Crippen LogP contribution in [-0.4, -0.2) is 46.5 Å². The zero-order valence-electron chi connectivity index (χ0n) is 12.2. The van der Waals surface area contributed by atoms with Crippen LogP contribution in [0.25, 0.3) is 0 Å². The van der Waals surface area contributed by atoms with Gasteiger partial charge in [-0.3, -0.25) is 4.79 Å². The molecule has 21 heavy (non-hydrogen) atoms. The number of hydrogen-bond donors (Lipinski definition) is 1. The van der Waals surface area contributed by atoms with Crippen molar-refractivity contribution in [1.29, 1.82) is 0 Å². The Morgan fingerprint density at radius 3 is 2.81 bits per heavy atom. The van der Waals surface area contributed by atoms with Gasteiger partial charge in [0.05, 0.1) is 12.0 Å². The fourth-order valence-electron chi connectivity index (χ4n) is 2.68. The third kappa shape index (κ3) is 4.24. The molecule has 4 nitrogen and oxygen atoms in total. The molecule has 0 aliphatic carbocycles. The molecular weight excluding hydrogens is 286 g/mol. The quantitative estimate of drug-likeness (QED) is 0.929. The Labute approximate surface area is 129 Å². The number of carboxylic acids is 1. The minimum Gasteiger partial charge on any atom is -0.478 e. The molecule has 0 aromatic heterocycles. The second-order valence-corrected chi connectivity index (χ2v) is 6.47. The summed E-state index contributed by atoms with van der Waals surface area (Å²) >= 11 is 1.81. The van der Waals surface area contributed by atoms with Crippen LogP contribution in [-0.2, 0) is 11.2 Å². The van der Waals surface area contributed by atoms with Crippen LogP contribution < -0.4 is 0 Å². The standard InChI is InChI=1S/C16H21NO3S/c1-21-13-7-4-5-9-17(11-13)15(18)10-12-6-2-3-8-14(12)16(19)20/h2-3,6,8,13H,4-5,7,9-11H2,1H3,(H,19,20). The van der Waals surface area contributed by atoms with E-state index in [1.807, 2.05) is 4.90 Å². The van der Waals surface area contributed by atoms with Gasteiger partial charge in [-0.2, -0.15) is 11.8 Å². The van der Waals surface area contributed by atoms with Crippen molar-refractivity contribution < 1.29 is 14.7 Å². The van der Waals surface area contributed by atoms with E-state index >= 15 is 0 Å². The summed E-state index contributed by atoms with van der Waals surface area (Å²) in [7, 11) is 0. The van der Waals surface area contributed by atoms with E-state index in [2.05, 4.69) is 6.26 Å². The highest BCUT2D eigenvalue weighted by Crippen LogP contribution is 2.21. The number of amides is 1. The lowest BCUT2D eigenvalue weighted by Crippen LogP contribution is -2.36. The molecule has 0 bridgehead atoms. The van der Waals surface area contributed by atoms with E-state index < -0.39 is 5.97 Å². The van der Waals surface area contributed by atoms with Crippen LogP contribution in [0.5, 0.6) is 0 Å². The maximum absolute atomic E-state index is 12.5. The summed E-state index contributed by atoms with van der Waals surface area (Å²) in [6, 6.07) is 6.75. The van der Waals surface area contributed by atoms with E-state index in [1.54, 1.807) is 36.0 Å². The van der Waals surface area contributed by atoms with Crippen LogP contribution in [0.4, 0.5) is 0 Å². The predicted molar refractivity (Wildman–Crippen MR) is 84.8 cm³/mol. The number of thioether (sulfide) groups is 1. The number of nitrogens with zero attached hydrogens (tertiary/aromatic N) is 1. The van der Waals surface area contributed by atoms with Crippen molar-refractivity contribution >= 4 is 23.6 Å². The van der Waals surface area contributed by atoms with Crippen molar-refractivity contribution in [3.63, 3.8) is 0 Å². The molecule has 5 heteroatoms. The lowest BCUT2D eigenvalue weighted by molar-refractivity contribution is -0.130. The van der Waals surface area contributed by atoms with E-state index in [0.29, 0.717) is 10.8 Å². The molecule has 0 radical (unpaired) electrons. The maximum Gasteiger partial charge on any atom is 0.335 e. The van der Waals surface area contributed by atoms with Crippen LogP contribution in [0.1, 0.15) is 35.2 Å². The maximum atomic E-state index is 12.5. The predicted octanol–water partition coefficient (Wildman–Crippen LogP) is 2.67. The molecule has 1 aromatic rings. The van der Waals surface area contributed by atoms with Crippen molar-refractivity contribution in [1.82, 2.24) is 4.90 Å². The third-order valence-electron chi connectivity index (χ3n) is 3.90. The first-order chi connectivity index (χ1) is 10.1. The minimum absolute atomic E-state index is 0.0321. The number of benzene rings is 1. The van der Waals surface area contributed by atoms with Gasteiger partial charge < -0.3 is 10.0 Å². The van der Waals surface area contributed by atoms with Gasteiger partial charge >= 0.3 is 5.97 Å².